The molecule has 4 heteroatoms. The van der Waals surface area contributed by atoms with Crippen LogP contribution < -0.4 is 11.1 Å². The van der Waals surface area contributed by atoms with Crippen LogP contribution in [0.1, 0.15) is 39.2 Å². The molecule has 3 nitrogen and oxygen atoms in total. The SMILES string of the molecule is CC(C)(C)c1ccccc1NC(=O)CCC(N)=S. The molecule has 0 saturated heterocycles. The van der Waals surface area contributed by atoms with Crippen molar-refractivity contribution < 1.29 is 4.79 Å². The number of carbonyl (C=O) groups excluding carboxylic acids is 1. The van der Waals surface area contributed by atoms with Gasteiger partial charge in [-0.1, -0.05) is 51.2 Å². The predicted octanol–water partition coefficient (Wildman–Crippen LogP) is 2.99. The first-order valence-electron chi connectivity index (χ1n) is 5.98. The van der Waals surface area contributed by atoms with Gasteiger partial charge in [-0.3, -0.25) is 4.79 Å². The summed E-state index contributed by atoms with van der Waals surface area (Å²) in [6.07, 6.45) is 0.770. The highest BCUT2D eigenvalue weighted by Gasteiger charge is 2.18. The average molecular weight is 264 g/mol. The summed E-state index contributed by atoms with van der Waals surface area (Å²) < 4.78 is 0. The highest BCUT2D eigenvalue weighted by atomic mass is 32.1. The highest BCUT2D eigenvalue weighted by Crippen LogP contribution is 2.29. The lowest BCUT2D eigenvalue weighted by molar-refractivity contribution is -0.116. The molecule has 1 rings (SSSR count). The minimum Gasteiger partial charge on any atom is -0.393 e. The van der Waals surface area contributed by atoms with Crippen molar-refractivity contribution in [1.29, 1.82) is 0 Å². The van der Waals surface area contributed by atoms with Crippen LogP contribution in [-0.2, 0) is 10.2 Å². The van der Waals surface area contributed by atoms with Crippen molar-refractivity contribution in [2.24, 2.45) is 5.73 Å². The molecule has 98 valence electrons. The maximum Gasteiger partial charge on any atom is 0.224 e. The molecule has 18 heavy (non-hydrogen) atoms. The summed E-state index contributed by atoms with van der Waals surface area (Å²) in [6.45, 7) is 6.35. The van der Waals surface area contributed by atoms with E-state index in [0.29, 0.717) is 17.8 Å². The molecule has 1 amide bonds. The van der Waals surface area contributed by atoms with Gasteiger partial charge in [0.2, 0.25) is 5.91 Å². The van der Waals surface area contributed by atoms with Gasteiger partial charge in [0.05, 0.1) is 4.99 Å². The van der Waals surface area contributed by atoms with Gasteiger partial charge in [0.1, 0.15) is 0 Å². The Morgan fingerprint density at radius 3 is 2.44 bits per heavy atom. The lowest BCUT2D eigenvalue weighted by Crippen LogP contribution is -2.20. The summed E-state index contributed by atoms with van der Waals surface area (Å²) >= 11 is 4.76. The van der Waals surface area contributed by atoms with E-state index in [4.69, 9.17) is 18.0 Å². The van der Waals surface area contributed by atoms with Gasteiger partial charge in [-0.05, 0) is 17.0 Å². The van der Waals surface area contributed by atoms with Gasteiger partial charge < -0.3 is 11.1 Å². The number of hydrogen-bond acceptors (Lipinski definition) is 2. The van der Waals surface area contributed by atoms with E-state index >= 15 is 0 Å². The van der Waals surface area contributed by atoms with Crippen LogP contribution in [-0.4, -0.2) is 10.9 Å². The second-order valence-electron chi connectivity index (χ2n) is 5.31. The Labute approximate surface area is 114 Å². The van der Waals surface area contributed by atoms with Crippen molar-refractivity contribution in [3.05, 3.63) is 29.8 Å². The van der Waals surface area contributed by atoms with E-state index in [1.807, 2.05) is 24.3 Å². The number of amides is 1. The van der Waals surface area contributed by atoms with Crippen LogP contribution in [0, 0.1) is 0 Å². The molecule has 0 atom stereocenters. The van der Waals surface area contributed by atoms with E-state index in [0.717, 1.165) is 11.3 Å². The molecule has 0 heterocycles. The molecule has 0 saturated carbocycles. The van der Waals surface area contributed by atoms with Gasteiger partial charge in [-0.15, -0.1) is 0 Å². The number of hydrogen-bond donors (Lipinski definition) is 2. The topological polar surface area (TPSA) is 55.1 Å². The smallest absolute Gasteiger partial charge is 0.224 e. The molecule has 0 aliphatic heterocycles. The van der Waals surface area contributed by atoms with E-state index in [-0.39, 0.29) is 11.3 Å². The molecule has 0 radical (unpaired) electrons. The summed E-state index contributed by atoms with van der Waals surface area (Å²) in [4.78, 5) is 12.1. The highest BCUT2D eigenvalue weighted by molar-refractivity contribution is 7.80. The summed E-state index contributed by atoms with van der Waals surface area (Å²) in [6, 6.07) is 7.84. The van der Waals surface area contributed by atoms with E-state index in [1.165, 1.54) is 0 Å². The number of rotatable bonds is 4. The average Bonchev–Trinajstić information content (AvgIpc) is 2.25. The Morgan fingerprint density at radius 1 is 1.28 bits per heavy atom. The van der Waals surface area contributed by atoms with Crippen LogP contribution in [0.5, 0.6) is 0 Å². The molecular formula is C14H20N2OS. The monoisotopic (exact) mass is 264 g/mol. The van der Waals surface area contributed by atoms with E-state index in [2.05, 4.69) is 26.1 Å². The molecule has 0 aliphatic carbocycles. The number of anilines is 1. The zero-order valence-corrected chi connectivity index (χ0v) is 11.9. The summed E-state index contributed by atoms with van der Waals surface area (Å²) in [5.74, 6) is -0.0560. The van der Waals surface area contributed by atoms with Gasteiger partial charge in [-0.2, -0.15) is 0 Å². The Bertz CT molecular complexity index is 449. The maximum absolute atomic E-state index is 11.8. The Balaban J connectivity index is 2.79. The fraction of sp³-hybridized carbons (Fsp3) is 0.429. The number of nitrogens with one attached hydrogen (secondary N) is 1. The van der Waals surface area contributed by atoms with Crippen LogP contribution in [0.25, 0.3) is 0 Å². The minimum atomic E-state index is -0.0560. The first-order valence-corrected chi connectivity index (χ1v) is 6.39. The molecule has 0 aliphatic rings. The van der Waals surface area contributed by atoms with Crippen molar-refractivity contribution >= 4 is 28.8 Å². The van der Waals surface area contributed by atoms with Gasteiger partial charge in [0, 0.05) is 18.5 Å². The molecule has 0 fully saturated rings. The standard InChI is InChI=1S/C14H20N2OS/c1-14(2,3)10-6-4-5-7-11(10)16-13(17)9-8-12(15)18/h4-7H,8-9H2,1-3H3,(H2,15,18)(H,16,17). The number of carbonyl (C=O) groups is 1. The van der Waals surface area contributed by atoms with Crippen molar-refractivity contribution in [3.8, 4) is 0 Å². The minimum absolute atomic E-state index is 0.00690. The maximum atomic E-state index is 11.8. The largest absolute Gasteiger partial charge is 0.393 e. The van der Waals surface area contributed by atoms with Crippen LogP contribution in [0.4, 0.5) is 5.69 Å². The predicted molar refractivity (Wildman–Crippen MR) is 79.8 cm³/mol. The lowest BCUT2D eigenvalue weighted by atomic mass is 9.86. The fourth-order valence-corrected chi connectivity index (χ4v) is 1.80. The number of nitrogens with two attached hydrogens (primary N) is 1. The third kappa shape index (κ3) is 4.45. The summed E-state index contributed by atoms with van der Waals surface area (Å²) in [5, 5.41) is 2.92. The third-order valence-corrected chi connectivity index (χ3v) is 2.81. The first kappa shape index (κ1) is 14.6. The summed E-state index contributed by atoms with van der Waals surface area (Å²) in [5.41, 5.74) is 7.36. The molecule has 1 aromatic rings. The van der Waals surface area contributed by atoms with Crippen LogP contribution in [0.2, 0.25) is 0 Å². The van der Waals surface area contributed by atoms with Gasteiger partial charge in [0.25, 0.3) is 0 Å². The molecule has 0 bridgehead atoms. The van der Waals surface area contributed by atoms with Crippen LogP contribution >= 0.6 is 12.2 Å². The van der Waals surface area contributed by atoms with Crippen molar-refractivity contribution in [2.75, 3.05) is 5.32 Å². The second kappa shape index (κ2) is 5.96. The fourth-order valence-electron chi connectivity index (χ4n) is 1.70. The van der Waals surface area contributed by atoms with Crippen LogP contribution in [0.3, 0.4) is 0 Å². The molecular weight excluding hydrogens is 244 g/mol. The van der Waals surface area contributed by atoms with Crippen molar-refractivity contribution in [2.45, 2.75) is 39.0 Å². The zero-order chi connectivity index (χ0) is 13.8. The zero-order valence-electron chi connectivity index (χ0n) is 11.1. The number of benzene rings is 1. The van der Waals surface area contributed by atoms with Gasteiger partial charge >= 0.3 is 0 Å². The van der Waals surface area contributed by atoms with Gasteiger partial charge in [0.15, 0.2) is 0 Å². The molecule has 3 N–H and O–H groups in total. The number of thiocarbonyl (C=S) groups is 1. The van der Waals surface area contributed by atoms with Crippen molar-refractivity contribution in [3.63, 3.8) is 0 Å². The normalized spacial score (nSPS) is 11.1. The molecule has 1 aromatic carbocycles. The third-order valence-electron chi connectivity index (χ3n) is 2.61. The first-order chi connectivity index (χ1) is 8.30. The second-order valence-corrected chi connectivity index (χ2v) is 5.83. The van der Waals surface area contributed by atoms with Crippen molar-refractivity contribution in [1.82, 2.24) is 0 Å². The quantitative estimate of drug-likeness (QED) is 0.822. The van der Waals surface area contributed by atoms with Crippen LogP contribution in [0.15, 0.2) is 24.3 Å². The van der Waals surface area contributed by atoms with E-state index in [1.54, 1.807) is 0 Å². The Morgan fingerprint density at radius 2 is 1.89 bits per heavy atom. The lowest BCUT2D eigenvalue weighted by Gasteiger charge is -2.23. The molecule has 0 spiro atoms. The van der Waals surface area contributed by atoms with E-state index in [9.17, 15) is 4.79 Å². The van der Waals surface area contributed by atoms with E-state index < -0.39 is 0 Å². The summed E-state index contributed by atoms with van der Waals surface area (Å²) in [7, 11) is 0. The Hall–Kier alpha value is -1.42. The number of para-hydroxylation sites is 1. The molecule has 0 unspecified atom stereocenters. The Kier molecular flexibility index (Phi) is 4.84. The van der Waals surface area contributed by atoms with Gasteiger partial charge in [-0.25, -0.2) is 0 Å². The molecule has 0 aromatic heterocycles.